The molecule has 0 spiro atoms. The summed E-state index contributed by atoms with van der Waals surface area (Å²) in [5.74, 6) is -0.699. The van der Waals surface area contributed by atoms with Gasteiger partial charge in [-0.05, 0) is 37.3 Å². The maximum Gasteiger partial charge on any atom is 0.574 e. The smallest absolute Gasteiger partial charge is 0.494 e. The number of nitrogens with zero attached hydrogens (tertiary/aromatic N) is 1. The zero-order valence-corrected chi connectivity index (χ0v) is 12.0. The predicted octanol–water partition coefficient (Wildman–Crippen LogP) is 3.60. The Morgan fingerprint density at radius 3 is 2.26 bits per heavy atom. The zero-order valence-electron chi connectivity index (χ0n) is 12.0. The highest BCUT2D eigenvalue weighted by Gasteiger charge is 2.31. The van der Waals surface area contributed by atoms with E-state index in [-0.39, 0.29) is 11.3 Å². The number of ether oxygens (including phenoxy) is 3. The third-order valence-corrected chi connectivity index (χ3v) is 2.54. The van der Waals surface area contributed by atoms with Crippen molar-refractivity contribution in [1.82, 2.24) is 4.98 Å². The van der Waals surface area contributed by atoms with E-state index in [1.807, 2.05) is 6.92 Å². The SMILES string of the molecule is CCOc1ccc(C(=O)Oc2ccc(OC(F)(F)F)nc2)cc1. The van der Waals surface area contributed by atoms with E-state index >= 15 is 0 Å². The number of carbonyl (C=O) groups is 1. The van der Waals surface area contributed by atoms with Crippen LogP contribution in [-0.4, -0.2) is 23.9 Å². The summed E-state index contributed by atoms with van der Waals surface area (Å²) < 4.78 is 49.9. The Bertz CT molecular complexity index is 654. The highest BCUT2D eigenvalue weighted by molar-refractivity contribution is 5.91. The molecule has 0 aliphatic carbocycles. The molecule has 0 atom stereocenters. The predicted molar refractivity (Wildman–Crippen MR) is 73.5 cm³/mol. The van der Waals surface area contributed by atoms with Gasteiger partial charge in [0.25, 0.3) is 0 Å². The van der Waals surface area contributed by atoms with Crippen molar-refractivity contribution in [3.63, 3.8) is 0 Å². The first-order valence-corrected chi connectivity index (χ1v) is 6.54. The number of benzene rings is 1. The van der Waals surface area contributed by atoms with Crippen molar-refractivity contribution in [2.75, 3.05) is 6.61 Å². The summed E-state index contributed by atoms with van der Waals surface area (Å²) in [5.41, 5.74) is 0.268. The van der Waals surface area contributed by atoms with E-state index in [0.29, 0.717) is 12.4 Å². The lowest BCUT2D eigenvalue weighted by atomic mass is 10.2. The molecule has 1 aromatic heterocycles. The maximum absolute atomic E-state index is 12.0. The van der Waals surface area contributed by atoms with Gasteiger partial charge in [-0.25, -0.2) is 9.78 Å². The van der Waals surface area contributed by atoms with E-state index in [2.05, 4.69) is 9.72 Å². The normalized spacial score (nSPS) is 11.0. The molecule has 0 fully saturated rings. The largest absolute Gasteiger partial charge is 0.574 e. The van der Waals surface area contributed by atoms with Crippen molar-refractivity contribution in [2.24, 2.45) is 0 Å². The fraction of sp³-hybridized carbons (Fsp3) is 0.200. The van der Waals surface area contributed by atoms with Crippen LogP contribution in [0.1, 0.15) is 17.3 Å². The van der Waals surface area contributed by atoms with E-state index in [0.717, 1.165) is 18.3 Å². The van der Waals surface area contributed by atoms with Crippen LogP contribution >= 0.6 is 0 Å². The van der Waals surface area contributed by atoms with E-state index in [1.54, 1.807) is 12.1 Å². The lowest BCUT2D eigenvalue weighted by Gasteiger charge is -2.08. The molecule has 0 amide bonds. The minimum atomic E-state index is -4.83. The maximum atomic E-state index is 12.0. The van der Waals surface area contributed by atoms with Gasteiger partial charge < -0.3 is 14.2 Å². The Hall–Kier alpha value is -2.77. The van der Waals surface area contributed by atoms with Crippen molar-refractivity contribution < 1.29 is 32.2 Å². The second-order valence-electron chi connectivity index (χ2n) is 4.23. The van der Waals surface area contributed by atoms with Crippen LogP contribution < -0.4 is 14.2 Å². The van der Waals surface area contributed by atoms with Gasteiger partial charge in [0.1, 0.15) is 11.5 Å². The van der Waals surface area contributed by atoms with Crippen LogP contribution in [0.2, 0.25) is 0 Å². The Balaban J connectivity index is 1.99. The standard InChI is InChI=1S/C15H12F3NO4/c1-2-21-11-5-3-10(4-6-11)14(20)22-12-7-8-13(19-9-12)23-15(16,17)18/h3-9H,2H2,1H3. The number of alkyl halides is 3. The van der Waals surface area contributed by atoms with Crippen molar-refractivity contribution in [3.8, 4) is 17.4 Å². The summed E-state index contributed by atoms with van der Waals surface area (Å²) in [5, 5.41) is 0. The summed E-state index contributed by atoms with van der Waals surface area (Å²) in [6.07, 6.45) is -3.86. The molecule has 0 aliphatic rings. The topological polar surface area (TPSA) is 57.7 Å². The van der Waals surface area contributed by atoms with Gasteiger partial charge in [-0.1, -0.05) is 0 Å². The summed E-state index contributed by atoms with van der Waals surface area (Å²) in [6, 6.07) is 8.36. The van der Waals surface area contributed by atoms with E-state index in [9.17, 15) is 18.0 Å². The number of aromatic nitrogens is 1. The average Bonchev–Trinajstić information content (AvgIpc) is 2.49. The van der Waals surface area contributed by atoms with Gasteiger partial charge in [0, 0.05) is 6.07 Å². The molecular formula is C15H12F3NO4. The molecule has 23 heavy (non-hydrogen) atoms. The number of hydrogen-bond donors (Lipinski definition) is 0. The molecule has 1 aromatic carbocycles. The number of hydrogen-bond acceptors (Lipinski definition) is 5. The Labute approximate surface area is 129 Å². The van der Waals surface area contributed by atoms with Crippen LogP contribution in [0.3, 0.4) is 0 Å². The third kappa shape index (κ3) is 5.17. The zero-order chi connectivity index (χ0) is 16.9. The fourth-order valence-electron chi connectivity index (χ4n) is 1.63. The van der Waals surface area contributed by atoms with Gasteiger partial charge in [0.15, 0.2) is 0 Å². The van der Waals surface area contributed by atoms with Crippen LogP contribution in [0, 0.1) is 0 Å². The minimum Gasteiger partial charge on any atom is -0.494 e. The first kappa shape index (κ1) is 16.6. The molecule has 5 nitrogen and oxygen atoms in total. The monoisotopic (exact) mass is 327 g/mol. The van der Waals surface area contributed by atoms with Gasteiger partial charge in [-0.3, -0.25) is 0 Å². The molecule has 2 aromatic rings. The molecule has 1 heterocycles. The van der Waals surface area contributed by atoms with Crippen LogP contribution in [-0.2, 0) is 0 Å². The average molecular weight is 327 g/mol. The Kier molecular flexibility index (Phi) is 5.05. The van der Waals surface area contributed by atoms with Crippen molar-refractivity contribution >= 4 is 5.97 Å². The summed E-state index contributed by atoms with van der Waals surface area (Å²) in [7, 11) is 0. The molecule has 0 saturated heterocycles. The highest BCUT2D eigenvalue weighted by Crippen LogP contribution is 2.22. The molecule has 122 valence electrons. The van der Waals surface area contributed by atoms with Crippen LogP contribution in [0.25, 0.3) is 0 Å². The number of carbonyl (C=O) groups excluding carboxylic acids is 1. The molecule has 0 unspecified atom stereocenters. The molecule has 0 saturated carbocycles. The van der Waals surface area contributed by atoms with Gasteiger partial charge in [-0.15, -0.1) is 13.2 Å². The number of halogens is 3. The molecule has 0 aliphatic heterocycles. The lowest BCUT2D eigenvalue weighted by molar-refractivity contribution is -0.276. The molecule has 0 N–H and O–H groups in total. The number of pyridine rings is 1. The van der Waals surface area contributed by atoms with Crippen LogP contribution in [0.5, 0.6) is 17.4 Å². The summed E-state index contributed by atoms with van der Waals surface area (Å²) in [4.78, 5) is 15.3. The van der Waals surface area contributed by atoms with Crippen LogP contribution in [0.15, 0.2) is 42.6 Å². The van der Waals surface area contributed by atoms with Gasteiger partial charge in [-0.2, -0.15) is 0 Å². The molecule has 0 radical (unpaired) electrons. The van der Waals surface area contributed by atoms with Crippen molar-refractivity contribution in [3.05, 3.63) is 48.2 Å². The second-order valence-corrected chi connectivity index (χ2v) is 4.23. The number of esters is 1. The van der Waals surface area contributed by atoms with Crippen molar-refractivity contribution in [2.45, 2.75) is 13.3 Å². The Morgan fingerprint density at radius 2 is 1.74 bits per heavy atom. The van der Waals surface area contributed by atoms with E-state index in [4.69, 9.17) is 9.47 Å². The van der Waals surface area contributed by atoms with Gasteiger partial charge >= 0.3 is 12.3 Å². The lowest BCUT2D eigenvalue weighted by Crippen LogP contribution is -2.17. The summed E-state index contributed by atoms with van der Waals surface area (Å²) >= 11 is 0. The third-order valence-electron chi connectivity index (χ3n) is 2.54. The van der Waals surface area contributed by atoms with Crippen LogP contribution in [0.4, 0.5) is 13.2 Å². The molecular weight excluding hydrogens is 315 g/mol. The first-order chi connectivity index (χ1) is 10.9. The van der Waals surface area contributed by atoms with E-state index < -0.39 is 18.2 Å². The van der Waals surface area contributed by atoms with Crippen molar-refractivity contribution in [1.29, 1.82) is 0 Å². The fourth-order valence-corrected chi connectivity index (χ4v) is 1.63. The Morgan fingerprint density at radius 1 is 1.09 bits per heavy atom. The molecule has 2 rings (SSSR count). The minimum absolute atomic E-state index is 0.00147. The highest BCUT2D eigenvalue weighted by atomic mass is 19.4. The summed E-state index contributed by atoms with van der Waals surface area (Å²) in [6.45, 7) is 2.34. The van der Waals surface area contributed by atoms with Gasteiger partial charge in [0.2, 0.25) is 5.88 Å². The second kappa shape index (κ2) is 6.99. The molecule has 0 bridgehead atoms. The van der Waals surface area contributed by atoms with Gasteiger partial charge in [0.05, 0.1) is 18.4 Å². The quantitative estimate of drug-likeness (QED) is 0.785. The van der Waals surface area contributed by atoms with E-state index in [1.165, 1.54) is 12.1 Å². The number of rotatable bonds is 5. The molecule has 8 heteroatoms. The first-order valence-electron chi connectivity index (χ1n) is 6.54.